The van der Waals surface area contributed by atoms with E-state index in [1.54, 1.807) is 29.0 Å². The summed E-state index contributed by atoms with van der Waals surface area (Å²) in [6, 6.07) is 22.9. The third kappa shape index (κ3) is 4.91. The van der Waals surface area contributed by atoms with Gasteiger partial charge in [-0.25, -0.2) is 14.4 Å². The van der Waals surface area contributed by atoms with Crippen molar-refractivity contribution in [3.8, 4) is 0 Å². The first-order valence-corrected chi connectivity index (χ1v) is 12.9. The normalized spacial score (nSPS) is 20.2. The largest absolute Gasteiger partial charge is 0.480 e. The van der Waals surface area contributed by atoms with Crippen LogP contribution in [0.4, 0.5) is 21.0 Å². The second-order valence-corrected chi connectivity index (χ2v) is 10.1. The van der Waals surface area contributed by atoms with Crippen molar-refractivity contribution in [3.05, 3.63) is 95.5 Å². The number of urea groups is 2. The number of fused-ring (bicyclic) bond motifs is 2. The summed E-state index contributed by atoms with van der Waals surface area (Å²) in [5, 5.41) is 10.9. The molecule has 2 aliphatic heterocycles. The van der Waals surface area contributed by atoms with Gasteiger partial charge in [-0.15, -0.1) is 0 Å². The number of anilines is 2. The van der Waals surface area contributed by atoms with Gasteiger partial charge < -0.3 is 19.8 Å². The summed E-state index contributed by atoms with van der Waals surface area (Å²) >= 11 is 6.11. The number of carbonyl (C=O) groups is 3. The average molecular weight is 533 g/mol. The number of amides is 4. The molecule has 3 aromatic rings. The quantitative estimate of drug-likeness (QED) is 0.473. The maximum absolute atomic E-state index is 14.1. The van der Waals surface area contributed by atoms with Gasteiger partial charge in [-0.1, -0.05) is 60.1 Å². The maximum atomic E-state index is 14.1. The molecule has 0 spiro atoms. The minimum absolute atomic E-state index is 0.138. The lowest BCUT2D eigenvalue weighted by atomic mass is 10.0. The van der Waals surface area contributed by atoms with Crippen LogP contribution in [0, 0.1) is 0 Å². The smallest absolute Gasteiger partial charge is 0.329 e. The van der Waals surface area contributed by atoms with Gasteiger partial charge in [-0.05, 0) is 54.8 Å². The van der Waals surface area contributed by atoms with Crippen molar-refractivity contribution in [3.63, 3.8) is 0 Å². The van der Waals surface area contributed by atoms with E-state index in [0.29, 0.717) is 35.8 Å². The molecule has 0 aliphatic carbocycles. The zero-order valence-corrected chi connectivity index (χ0v) is 21.7. The Morgan fingerprint density at radius 3 is 2.11 bits per heavy atom. The van der Waals surface area contributed by atoms with Crippen LogP contribution in [-0.4, -0.2) is 69.6 Å². The van der Waals surface area contributed by atoms with Crippen LogP contribution < -0.4 is 4.90 Å². The van der Waals surface area contributed by atoms with Gasteiger partial charge in [0, 0.05) is 25.2 Å². The Morgan fingerprint density at radius 2 is 1.53 bits per heavy atom. The topological polar surface area (TPSA) is 84.4 Å². The zero-order chi connectivity index (χ0) is 26.8. The van der Waals surface area contributed by atoms with E-state index in [4.69, 9.17) is 11.6 Å². The number of hydrogen-bond acceptors (Lipinski definition) is 3. The molecule has 4 amide bonds. The molecule has 1 N–H and O–H groups in total. The van der Waals surface area contributed by atoms with E-state index in [0.717, 1.165) is 5.56 Å². The highest BCUT2D eigenvalue weighted by Gasteiger charge is 2.54. The molecule has 2 fully saturated rings. The number of piperazine rings is 1. The number of rotatable bonds is 5. The van der Waals surface area contributed by atoms with Gasteiger partial charge in [0.1, 0.15) is 0 Å². The molecule has 9 heteroatoms. The van der Waals surface area contributed by atoms with Gasteiger partial charge >= 0.3 is 18.0 Å². The van der Waals surface area contributed by atoms with Gasteiger partial charge in [-0.3, -0.25) is 4.90 Å². The van der Waals surface area contributed by atoms with E-state index in [1.807, 2.05) is 72.8 Å². The van der Waals surface area contributed by atoms with Crippen LogP contribution in [0.15, 0.2) is 84.9 Å². The minimum atomic E-state index is -1.17. The summed E-state index contributed by atoms with van der Waals surface area (Å²) < 4.78 is 0. The van der Waals surface area contributed by atoms with E-state index < -0.39 is 24.1 Å². The molecule has 0 radical (unpaired) electrons. The number of carbonyl (C=O) groups excluding carboxylic acids is 2. The van der Waals surface area contributed by atoms with Gasteiger partial charge in [0.05, 0.1) is 23.5 Å². The minimum Gasteiger partial charge on any atom is -0.480 e. The first kappa shape index (κ1) is 25.6. The van der Waals surface area contributed by atoms with Crippen molar-refractivity contribution in [2.24, 2.45) is 0 Å². The molecular formula is C29H29ClN4O4. The highest BCUT2D eigenvalue weighted by molar-refractivity contribution is 6.30. The van der Waals surface area contributed by atoms with Crippen LogP contribution in [-0.2, 0) is 11.3 Å². The highest BCUT2D eigenvalue weighted by Crippen LogP contribution is 2.37. The highest BCUT2D eigenvalue weighted by atomic mass is 35.5. The number of halogens is 1. The maximum Gasteiger partial charge on any atom is 0.329 e. The second kappa shape index (κ2) is 10.8. The summed E-state index contributed by atoms with van der Waals surface area (Å²) in [4.78, 5) is 46.5. The van der Waals surface area contributed by atoms with Crippen LogP contribution in [0.2, 0.25) is 5.02 Å². The second-order valence-electron chi connectivity index (χ2n) is 9.70. The Bertz CT molecular complexity index is 1280. The molecule has 0 saturated carbocycles. The first-order valence-electron chi connectivity index (χ1n) is 12.6. The number of para-hydroxylation sites is 2. The van der Waals surface area contributed by atoms with Crippen molar-refractivity contribution in [2.45, 2.75) is 37.5 Å². The molecule has 0 unspecified atom stereocenters. The Morgan fingerprint density at radius 1 is 0.895 bits per heavy atom. The van der Waals surface area contributed by atoms with Crippen molar-refractivity contribution in [1.82, 2.24) is 14.7 Å². The molecule has 2 bridgehead atoms. The van der Waals surface area contributed by atoms with Crippen molar-refractivity contribution in [1.29, 1.82) is 0 Å². The third-order valence-electron chi connectivity index (χ3n) is 7.23. The molecule has 0 aromatic heterocycles. The van der Waals surface area contributed by atoms with Crippen molar-refractivity contribution < 1.29 is 19.5 Å². The van der Waals surface area contributed by atoms with E-state index >= 15 is 0 Å². The van der Waals surface area contributed by atoms with Crippen molar-refractivity contribution >= 4 is 41.0 Å². The molecule has 196 valence electrons. The summed E-state index contributed by atoms with van der Waals surface area (Å²) in [5.41, 5.74) is 2.16. The standard InChI is InChI=1S/C29H29ClN4O4/c1-31(18-20-9-8-10-21(30)17-20)28(37)34-24-15-16-25(34)26(27(35)36)32(19-24)29(38)33(22-11-4-2-5-12-22)23-13-6-3-7-14-23/h2-14,17,24-26H,15-16,18-19H2,1H3,(H,35,36)/t24-,25+,26-/m0/s1. The van der Waals surface area contributed by atoms with Gasteiger partial charge in [-0.2, -0.15) is 0 Å². The molecule has 8 nitrogen and oxygen atoms in total. The molecular weight excluding hydrogens is 504 g/mol. The lowest BCUT2D eigenvalue weighted by Gasteiger charge is -2.47. The Labute approximate surface area is 226 Å². The number of benzene rings is 3. The monoisotopic (exact) mass is 532 g/mol. The summed E-state index contributed by atoms with van der Waals surface area (Å²) in [6.07, 6.45) is 1.14. The van der Waals surface area contributed by atoms with Crippen LogP contribution >= 0.6 is 11.6 Å². The Hall–Kier alpha value is -4.04. The van der Waals surface area contributed by atoms with Crippen LogP contribution in [0.3, 0.4) is 0 Å². The lowest BCUT2D eigenvalue weighted by Crippen LogP contribution is -2.67. The fraction of sp³-hybridized carbons (Fsp3) is 0.276. The SMILES string of the molecule is CN(Cc1cccc(Cl)c1)C(=O)N1[C@H]2CC[C@@H]1[C@@H](C(=O)O)N(C(=O)N(c1ccccc1)c1ccccc1)C2. The van der Waals surface area contributed by atoms with Crippen LogP contribution in [0.25, 0.3) is 0 Å². The van der Waals surface area contributed by atoms with E-state index in [1.165, 1.54) is 9.80 Å². The fourth-order valence-electron chi connectivity index (χ4n) is 5.57. The average Bonchev–Trinajstić information content (AvgIpc) is 3.21. The number of likely N-dealkylation sites (tertiary alicyclic amines) is 1. The summed E-state index contributed by atoms with van der Waals surface area (Å²) in [7, 11) is 1.70. The first-order chi connectivity index (χ1) is 18.3. The van der Waals surface area contributed by atoms with Gasteiger partial charge in [0.25, 0.3) is 0 Å². The van der Waals surface area contributed by atoms with Gasteiger partial charge in [0.15, 0.2) is 6.04 Å². The molecule has 2 aliphatic rings. The molecule has 3 aromatic carbocycles. The number of carboxylic acid groups (broad SMARTS) is 1. The summed E-state index contributed by atoms with van der Waals surface area (Å²) in [5.74, 6) is -1.12. The lowest BCUT2D eigenvalue weighted by molar-refractivity contribution is -0.145. The molecule has 3 atom stereocenters. The van der Waals surface area contributed by atoms with Crippen LogP contribution in [0.5, 0.6) is 0 Å². The predicted molar refractivity (Wildman–Crippen MR) is 146 cm³/mol. The molecule has 38 heavy (non-hydrogen) atoms. The molecule has 2 heterocycles. The number of carboxylic acids is 1. The van der Waals surface area contributed by atoms with E-state index in [9.17, 15) is 19.5 Å². The summed E-state index contributed by atoms with van der Waals surface area (Å²) in [6.45, 7) is 0.477. The Kier molecular flexibility index (Phi) is 7.24. The fourth-order valence-corrected chi connectivity index (χ4v) is 5.78. The third-order valence-corrected chi connectivity index (χ3v) is 7.46. The zero-order valence-electron chi connectivity index (χ0n) is 21.0. The number of aliphatic carboxylic acids is 1. The van der Waals surface area contributed by atoms with Crippen molar-refractivity contribution in [2.75, 3.05) is 18.5 Å². The predicted octanol–water partition coefficient (Wildman–Crippen LogP) is 5.45. The van der Waals surface area contributed by atoms with E-state index in [2.05, 4.69) is 0 Å². The molecule has 5 rings (SSSR count). The Balaban J connectivity index is 1.42. The number of nitrogens with zero attached hydrogens (tertiary/aromatic N) is 4. The number of hydrogen-bond donors (Lipinski definition) is 1. The van der Waals surface area contributed by atoms with Crippen LogP contribution in [0.1, 0.15) is 18.4 Å². The van der Waals surface area contributed by atoms with Gasteiger partial charge in [0.2, 0.25) is 0 Å². The van der Waals surface area contributed by atoms with E-state index in [-0.39, 0.29) is 18.6 Å². The molecule has 2 saturated heterocycles.